The van der Waals surface area contributed by atoms with Crippen molar-refractivity contribution < 1.29 is 4.74 Å². The molecule has 0 saturated heterocycles. The molecule has 1 heterocycles. The van der Waals surface area contributed by atoms with Crippen LogP contribution in [0.1, 0.15) is 25.3 Å². The molecule has 1 aromatic carbocycles. The number of rotatable bonds is 3. The van der Waals surface area contributed by atoms with Crippen LogP contribution in [0.5, 0.6) is 5.75 Å². The number of anilines is 1. The molecule has 90 valence electrons. The van der Waals surface area contributed by atoms with Crippen LogP contribution in [0, 0.1) is 0 Å². The van der Waals surface area contributed by atoms with Crippen molar-refractivity contribution in [2.24, 2.45) is 0 Å². The minimum atomic E-state index is 0.401. The predicted molar refractivity (Wildman–Crippen MR) is 69.1 cm³/mol. The molecule has 0 amide bonds. The van der Waals surface area contributed by atoms with Crippen molar-refractivity contribution >= 4 is 5.82 Å². The Labute approximate surface area is 101 Å². The van der Waals surface area contributed by atoms with Crippen LogP contribution in [-0.2, 0) is 0 Å². The highest BCUT2D eigenvalue weighted by Gasteiger charge is 2.15. The van der Waals surface area contributed by atoms with Gasteiger partial charge >= 0.3 is 0 Å². The number of ether oxygens (including phenoxy) is 1. The Morgan fingerprint density at radius 2 is 2.06 bits per heavy atom. The molecule has 0 bridgehead atoms. The number of nitrogens with one attached hydrogen (secondary N) is 1. The van der Waals surface area contributed by atoms with Gasteiger partial charge in [-0.2, -0.15) is 5.10 Å². The molecule has 17 heavy (non-hydrogen) atoms. The second-order valence-electron chi connectivity index (χ2n) is 4.28. The summed E-state index contributed by atoms with van der Waals surface area (Å²) in [5, 5.41) is 6.68. The zero-order chi connectivity index (χ0) is 12.4. The zero-order valence-corrected chi connectivity index (χ0v) is 10.3. The van der Waals surface area contributed by atoms with Gasteiger partial charge in [0.1, 0.15) is 11.6 Å². The van der Waals surface area contributed by atoms with E-state index < -0.39 is 0 Å². The first-order valence-electron chi connectivity index (χ1n) is 5.61. The van der Waals surface area contributed by atoms with Gasteiger partial charge in [0.05, 0.1) is 13.3 Å². The van der Waals surface area contributed by atoms with Gasteiger partial charge in [0.2, 0.25) is 0 Å². The van der Waals surface area contributed by atoms with Gasteiger partial charge < -0.3 is 10.5 Å². The van der Waals surface area contributed by atoms with Crippen LogP contribution in [0.25, 0.3) is 11.1 Å². The van der Waals surface area contributed by atoms with Gasteiger partial charge in [-0.3, -0.25) is 5.10 Å². The number of hydrogen-bond acceptors (Lipinski definition) is 3. The number of hydrogen-bond donors (Lipinski definition) is 2. The SMILES string of the molecule is COc1c(-c2cn[nH]c2N)cccc1C(C)C. The third-order valence-electron chi connectivity index (χ3n) is 2.83. The quantitative estimate of drug-likeness (QED) is 0.853. The molecule has 0 saturated carbocycles. The van der Waals surface area contributed by atoms with Crippen molar-refractivity contribution in [1.29, 1.82) is 0 Å². The monoisotopic (exact) mass is 231 g/mol. The lowest BCUT2D eigenvalue weighted by molar-refractivity contribution is 0.409. The van der Waals surface area contributed by atoms with Crippen molar-refractivity contribution in [1.82, 2.24) is 10.2 Å². The van der Waals surface area contributed by atoms with Crippen LogP contribution in [-0.4, -0.2) is 17.3 Å². The van der Waals surface area contributed by atoms with E-state index in [1.54, 1.807) is 13.3 Å². The molecule has 2 aromatic rings. The summed E-state index contributed by atoms with van der Waals surface area (Å²) >= 11 is 0. The van der Waals surface area contributed by atoms with Gasteiger partial charge in [0, 0.05) is 11.1 Å². The number of methoxy groups -OCH3 is 1. The first-order valence-corrected chi connectivity index (χ1v) is 5.61. The summed E-state index contributed by atoms with van der Waals surface area (Å²) in [4.78, 5) is 0. The predicted octanol–water partition coefficient (Wildman–Crippen LogP) is 2.79. The minimum absolute atomic E-state index is 0.401. The Hall–Kier alpha value is -1.97. The van der Waals surface area contributed by atoms with Crippen molar-refractivity contribution in [2.45, 2.75) is 19.8 Å². The maximum Gasteiger partial charge on any atom is 0.130 e. The standard InChI is InChI=1S/C13H17N3O/c1-8(2)9-5-4-6-10(12(9)17-3)11-7-15-16-13(11)14/h4-8H,1-3H3,(H3,14,15,16). The van der Waals surface area contributed by atoms with Gasteiger partial charge in [0.25, 0.3) is 0 Å². The summed E-state index contributed by atoms with van der Waals surface area (Å²) in [6, 6.07) is 6.08. The molecule has 3 N–H and O–H groups in total. The molecule has 1 aromatic heterocycles. The van der Waals surface area contributed by atoms with Crippen molar-refractivity contribution in [3.63, 3.8) is 0 Å². The van der Waals surface area contributed by atoms with E-state index in [-0.39, 0.29) is 0 Å². The molecule has 0 aliphatic heterocycles. The Bertz CT molecular complexity index is 517. The van der Waals surface area contributed by atoms with E-state index in [1.165, 1.54) is 5.56 Å². The van der Waals surface area contributed by atoms with E-state index >= 15 is 0 Å². The Morgan fingerprint density at radius 1 is 1.29 bits per heavy atom. The summed E-state index contributed by atoms with van der Waals surface area (Å²) < 4.78 is 5.52. The van der Waals surface area contributed by atoms with E-state index in [4.69, 9.17) is 10.5 Å². The third kappa shape index (κ3) is 1.98. The van der Waals surface area contributed by atoms with Crippen LogP contribution < -0.4 is 10.5 Å². The number of para-hydroxylation sites is 1. The highest BCUT2D eigenvalue weighted by molar-refractivity contribution is 5.79. The highest BCUT2D eigenvalue weighted by atomic mass is 16.5. The van der Waals surface area contributed by atoms with E-state index in [9.17, 15) is 0 Å². The Balaban J connectivity index is 2.62. The lowest BCUT2D eigenvalue weighted by Gasteiger charge is -2.15. The Morgan fingerprint density at radius 3 is 2.59 bits per heavy atom. The van der Waals surface area contributed by atoms with Crippen LogP contribution >= 0.6 is 0 Å². The molecule has 2 rings (SSSR count). The molecule has 0 unspecified atom stereocenters. The van der Waals surface area contributed by atoms with Crippen LogP contribution in [0.15, 0.2) is 24.4 Å². The largest absolute Gasteiger partial charge is 0.496 e. The fraction of sp³-hybridized carbons (Fsp3) is 0.308. The van der Waals surface area contributed by atoms with Gasteiger partial charge in [0.15, 0.2) is 0 Å². The average molecular weight is 231 g/mol. The molecule has 0 radical (unpaired) electrons. The number of benzene rings is 1. The van der Waals surface area contributed by atoms with Crippen molar-refractivity contribution in [3.05, 3.63) is 30.0 Å². The van der Waals surface area contributed by atoms with E-state index in [1.807, 2.05) is 12.1 Å². The number of nitrogen functional groups attached to an aromatic ring is 1. The maximum absolute atomic E-state index is 5.85. The first-order chi connectivity index (χ1) is 8.15. The molecule has 0 fully saturated rings. The number of H-pyrrole nitrogens is 1. The number of nitrogens with zero attached hydrogens (tertiary/aromatic N) is 1. The molecule has 0 atom stereocenters. The summed E-state index contributed by atoms with van der Waals surface area (Å²) in [5.41, 5.74) is 8.88. The first kappa shape index (κ1) is 11.5. The normalized spacial score (nSPS) is 10.8. The van der Waals surface area contributed by atoms with Crippen LogP contribution in [0.2, 0.25) is 0 Å². The van der Waals surface area contributed by atoms with Crippen LogP contribution in [0.4, 0.5) is 5.82 Å². The zero-order valence-electron chi connectivity index (χ0n) is 10.3. The van der Waals surface area contributed by atoms with E-state index in [0.717, 1.165) is 16.9 Å². The Kier molecular flexibility index (Phi) is 3.04. The molecular formula is C13H17N3O. The second-order valence-corrected chi connectivity index (χ2v) is 4.28. The molecule has 0 spiro atoms. The second kappa shape index (κ2) is 4.49. The van der Waals surface area contributed by atoms with E-state index in [2.05, 4.69) is 30.1 Å². The third-order valence-corrected chi connectivity index (χ3v) is 2.83. The number of aromatic nitrogens is 2. The molecule has 4 heteroatoms. The molecular weight excluding hydrogens is 214 g/mol. The summed E-state index contributed by atoms with van der Waals surface area (Å²) in [6.45, 7) is 4.28. The fourth-order valence-corrected chi connectivity index (χ4v) is 1.96. The van der Waals surface area contributed by atoms with Crippen molar-refractivity contribution in [2.75, 3.05) is 12.8 Å². The van der Waals surface area contributed by atoms with Gasteiger partial charge in [-0.15, -0.1) is 0 Å². The molecule has 4 nitrogen and oxygen atoms in total. The van der Waals surface area contributed by atoms with Gasteiger partial charge in [-0.25, -0.2) is 0 Å². The highest BCUT2D eigenvalue weighted by Crippen LogP contribution is 2.38. The average Bonchev–Trinajstić information content (AvgIpc) is 2.74. The number of aromatic amines is 1. The smallest absolute Gasteiger partial charge is 0.130 e. The van der Waals surface area contributed by atoms with Gasteiger partial charge in [-0.05, 0) is 11.5 Å². The maximum atomic E-state index is 5.85. The lowest BCUT2D eigenvalue weighted by Crippen LogP contribution is -1.97. The molecule has 0 aliphatic carbocycles. The topological polar surface area (TPSA) is 63.9 Å². The summed E-state index contributed by atoms with van der Waals surface area (Å²) in [5.74, 6) is 1.83. The fourth-order valence-electron chi connectivity index (χ4n) is 1.96. The van der Waals surface area contributed by atoms with E-state index in [0.29, 0.717) is 11.7 Å². The lowest BCUT2D eigenvalue weighted by atomic mass is 9.96. The summed E-state index contributed by atoms with van der Waals surface area (Å²) in [6.07, 6.45) is 1.72. The van der Waals surface area contributed by atoms with Crippen molar-refractivity contribution in [3.8, 4) is 16.9 Å². The molecule has 0 aliphatic rings. The summed E-state index contributed by atoms with van der Waals surface area (Å²) in [7, 11) is 1.68. The van der Waals surface area contributed by atoms with Gasteiger partial charge in [-0.1, -0.05) is 32.0 Å². The van der Waals surface area contributed by atoms with Crippen LogP contribution in [0.3, 0.4) is 0 Å². The number of nitrogens with two attached hydrogens (primary N) is 1. The minimum Gasteiger partial charge on any atom is -0.496 e.